The van der Waals surface area contributed by atoms with E-state index in [0.717, 1.165) is 34.9 Å². The number of ether oxygens (including phenoxy) is 1. The molecule has 0 bridgehead atoms. The minimum Gasteiger partial charge on any atom is -0.494 e. The highest BCUT2D eigenvalue weighted by Crippen LogP contribution is 2.38. The van der Waals surface area contributed by atoms with Crippen molar-refractivity contribution < 1.29 is 9.15 Å². The molecule has 1 aliphatic heterocycles. The summed E-state index contributed by atoms with van der Waals surface area (Å²) in [7, 11) is 1.69. The summed E-state index contributed by atoms with van der Waals surface area (Å²) >= 11 is 0. The van der Waals surface area contributed by atoms with Crippen LogP contribution >= 0.6 is 0 Å². The highest BCUT2D eigenvalue weighted by atomic mass is 16.5. The molecule has 4 nitrogen and oxygen atoms in total. The third-order valence-electron chi connectivity index (χ3n) is 5.40. The number of hydrogen-bond donors (Lipinski definition) is 0. The van der Waals surface area contributed by atoms with Gasteiger partial charge in [0.25, 0.3) is 0 Å². The first-order valence-electron chi connectivity index (χ1n) is 8.77. The van der Waals surface area contributed by atoms with Gasteiger partial charge in [-0.15, -0.1) is 0 Å². The largest absolute Gasteiger partial charge is 0.494 e. The van der Waals surface area contributed by atoms with Crippen molar-refractivity contribution in [2.45, 2.75) is 52.6 Å². The molecular weight excluding hydrogens is 312 g/mol. The fraction of sp³-hybridized carbons (Fsp3) is 0.429. The first-order valence-corrected chi connectivity index (χ1v) is 8.77. The van der Waals surface area contributed by atoms with Gasteiger partial charge in [-0.1, -0.05) is 6.92 Å². The summed E-state index contributed by atoms with van der Waals surface area (Å²) in [5, 5.41) is 0. The highest BCUT2D eigenvalue weighted by molar-refractivity contribution is 6.25. The summed E-state index contributed by atoms with van der Waals surface area (Å²) in [6.07, 6.45) is 6.70. The van der Waals surface area contributed by atoms with Crippen LogP contribution in [0.25, 0.3) is 0 Å². The average molecular weight is 338 g/mol. The fourth-order valence-electron chi connectivity index (χ4n) is 3.32. The molecule has 0 aromatic carbocycles. The quantitative estimate of drug-likeness (QED) is 0.707. The van der Waals surface area contributed by atoms with Crippen molar-refractivity contribution in [2.75, 3.05) is 7.11 Å². The second-order valence-electron chi connectivity index (χ2n) is 6.85. The zero-order valence-corrected chi connectivity index (χ0v) is 15.9. The Morgan fingerprint density at radius 1 is 1.32 bits per heavy atom. The Kier molecular flexibility index (Phi) is 4.55. The minimum absolute atomic E-state index is 0.0513. The molecule has 2 unspecified atom stereocenters. The summed E-state index contributed by atoms with van der Waals surface area (Å²) in [6, 6.07) is 3.78. The van der Waals surface area contributed by atoms with E-state index in [9.17, 15) is 0 Å². The summed E-state index contributed by atoms with van der Waals surface area (Å²) in [5.41, 5.74) is 5.30. The summed E-state index contributed by atoms with van der Waals surface area (Å²) in [5.74, 6) is 1.62. The van der Waals surface area contributed by atoms with E-state index in [4.69, 9.17) is 19.1 Å². The van der Waals surface area contributed by atoms with Crippen LogP contribution in [0.5, 0.6) is 0 Å². The van der Waals surface area contributed by atoms with Crippen molar-refractivity contribution in [1.82, 2.24) is 0 Å². The number of rotatable bonds is 4. The van der Waals surface area contributed by atoms with Gasteiger partial charge in [-0.3, -0.25) is 9.98 Å². The number of dihydropyridines is 1. The van der Waals surface area contributed by atoms with Gasteiger partial charge < -0.3 is 9.15 Å². The van der Waals surface area contributed by atoms with Gasteiger partial charge in [-0.2, -0.15) is 0 Å². The molecule has 0 fully saturated rings. The molecule has 25 heavy (non-hydrogen) atoms. The van der Waals surface area contributed by atoms with Crippen molar-refractivity contribution in [2.24, 2.45) is 9.98 Å². The van der Waals surface area contributed by atoms with Gasteiger partial charge in [0.1, 0.15) is 23.3 Å². The maximum atomic E-state index is 5.65. The molecule has 0 spiro atoms. The highest BCUT2D eigenvalue weighted by Gasteiger charge is 2.35. The Balaban J connectivity index is 2.06. The Labute approximate surface area is 149 Å². The lowest BCUT2D eigenvalue weighted by molar-refractivity contribution is 0.314. The molecule has 132 valence electrons. The lowest BCUT2D eigenvalue weighted by Gasteiger charge is -2.35. The SMILES string of the molecule is CCC1(C)N=C2C(OC)=CC(=NC(C)c3ccco3)C=C2C(C)=C1C. The third kappa shape index (κ3) is 3.01. The minimum atomic E-state index is -0.176. The van der Waals surface area contributed by atoms with E-state index in [-0.39, 0.29) is 11.6 Å². The molecule has 0 amide bonds. The third-order valence-corrected chi connectivity index (χ3v) is 5.40. The molecule has 0 N–H and O–H groups in total. The Bertz CT molecular complexity index is 822. The van der Waals surface area contributed by atoms with E-state index in [0.29, 0.717) is 0 Å². The van der Waals surface area contributed by atoms with Gasteiger partial charge >= 0.3 is 0 Å². The Morgan fingerprint density at radius 3 is 2.68 bits per heavy atom. The van der Waals surface area contributed by atoms with Crippen LogP contribution in [-0.4, -0.2) is 24.1 Å². The first kappa shape index (κ1) is 17.5. The smallest absolute Gasteiger partial charge is 0.146 e. The van der Waals surface area contributed by atoms with E-state index in [1.807, 2.05) is 25.1 Å². The second kappa shape index (κ2) is 6.51. The molecule has 0 saturated heterocycles. The van der Waals surface area contributed by atoms with Crippen LogP contribution in [-0.2, 0) is 4.74 Å². The van der Waals surface area contributed by atoms with Crippen molar-refractivity contribution in [3.63, 3.8) is 0 Å². The van der Waals surface area contributed by atoms with Crippen molar-refractivity contribution in [3.8, 4) is 0 Å². The van der Waals surface area contributed by atoms with Crippen molar-refractivity contribution in [3.05, 3.63) is 58.8 Å². The normalized spacial score (nSPS) is 26.0. The lowest BCUT2D eigenvalue weighted by atomic mass is 9.79. The van der Waals surface area contributed by atoms with Crippen LogP contribution in [0.4, 0.5) is 0 Å². The van der Waals surface area contributed by atoms with Crippen LogP contribution < -0.4 is 0 Å². The zero-order valence-electron chi connectivity index (χ0n) is 15.9. The molecule has 2 atom stereocenters. The number of methoxy groups -OCH3 is 1. The molecular formula is C21H26N2O2. The number of furan rings is 1. The van der Waals surface area contributed by atoms with E-state index >= 15 is 0 Å². The maximum absolute atomic E-state index is 5.65. The topological polar surface area (TPSA) is 47.1 Å². The average Bonchev–Trinajstić information content (AvgIpc) is 3.15. The van der Waals surface area contributed by atoms with E-state index in [1.165, 1.54) is 11.1 Å². The van der Waals surface area contributed by atoms with Gasteiger partial charge in [-0.25, -0.2) is 0 Å². The molecule has 3 rings (SSSR count). The van der Waals surface area contributed by atoms with Crippen LogP contribution in [0.1, 0.15) is 52.8 Å². The van der Waals surface area contributed by atoms with Gasteiger partial charge in [0.15, 0.2) is 0 Å². The molecule has 2 heterocycles. The Hall–Kier alpha value is -2.36. The molecule has 1 aromatic rings. The van der Waals surface area contributed by atoms with Gasteiger partial charge in [0, 0.05) is 11.6 Å². The van der Waals surface area contributed by atoms with Crippen LogP contribution in [0.2, 0.25) is 0 Å². The van der Waals surface area contributed by atoms with E-state index in [2.05, 4.69) is 33.8 Å². The number of hydrogen-bond acceptors (Lipinski definition) is 4. The summed E-state index contributed by atoms with van der Waals surface area (Å²) < 4.78 is 11.1. The number of fused-ring (bicyclic) bond motifs is 1. The number of aliphatic imine (C=N–C) groups is 2. The first-order chi connectivity index (χ1) is 11.9. The van der Waals surface area contributed by atoms with Crippen molar-refractivity contribution >= 4 is 11.4 Å². The molecule has 0 radical (unpaired) electrons. The lowest BCUT2D eigenvalue weighted by Crippen LogP contribution is -2.33. The van der Waals surface area contributed by atoms with Gasteiger partial charge in [-0.05, 0) is 63.5 Å². The van der Waals surface area contributed by atoms with E-state index < -0.39 is 0 Å². The summed E-state index contributed by atoms with van der Waals surface area (Å²) in [6.45, 7) is 10.7. The molecule has 2 aliphatic rings. The standard InChI is InChI=1S/C21H26N2O2/c1-7-21(5)14(3)13(2)17-11-16(12-19(24-6)20(17)23-21)22-15(4)18-9-8-10-25-18/h8-12,15H,7H2,1-6H3. The van der Waals surface area contributed by atoms with Crippen molar-refractivity contribution in [1.29, 1.82) is 0 Å². The van der Waals surface area contributed by atoms with Gasteiger partial charge in [0.05, 0.1) is 24.6 Å². The molecule has 1 aromatic heterocycles. The molecule has 1 aliphatic carbocycles. The second-order valence-corrected chi connectivity index (χ2v) is 6.85. The maximum Gasteiger partial charge on any atom is 0.146 e. The van der Waals surface area contributed by atoms with Crippen LogP contribution in [0.3, 0.4) is 0 Å². The number of allylic oxidation sites excluding steroid dienone is 4. The predicted molar refractivity (Wildman–Crippen MR) is 102 cm³/mol. The summed E-state index contributed by atoms with van der Waals surface area (Å²) in [4.78, 5) is 9.82. The molecule has 4 heteroatoms. The monoisotopic (exact) mass is 338 g/mol. The zero-order chi connectivity index (χ0) is 18.2. The molecule has 0 saturated carbocycles. The predicted octanol–water partition coefficient (Wildman–Crippen LogP) is 5.21. The fourth-order valence-corrected chi connectivity index (χ4v) is 3.32. The van der Waals surface area contributed by atoms with Gasteiger partial charge in [0.2, 0.25) is 0 Å². The van der Waals surface area contributed by atoms with Crippen LogP contribution in [0, 0.1) is 0 Å². The Morgan fingerprint density at radius 2 is 2.08 bits per heavy atom. The van der Waals surface area contributed by atoms with Crippen LogP contribution in [0.15, 0.2) is 67.4 Å². The van der Waals surface area contributed by atoms with E-state index in [1.54, 1.807) is 13.4 Å². The number of nitrogens with zero attached hydrogens (tertiary/aromatic N) is 2.